The maximum absolute atomic E-state index is 13.0. The Balaban J connectivity index is 1.81. The first kappa shape index (κ1) is 21.9. The normalized spacial score (nSPS) is 10.5. The predicted molar refractivity (Wildman–Crippen MR) is 121 cm³/mol. The first-order valence-electron chi connectivity index (χ1n) is 9.62. The van der Waals surface area contributed by atoms with Crippen molar-refractivity contribution in [1.82, 2.24) is 0 Å². The number of amides is 1. The van der Waals surface area contributed by atoms with Gasteiger partial charge < -0.3 is 10.1 Å². The predicted octanol–water partition coefficient (Wildman–Crippen LogP) is 6.66. The number of ketones is 1. The fourth-order valence-electron chi connectivity index (χ4n) is 2.84. The zero-order valence-corrected chi connectivity index (χ0v) is 18.0. The number of hydrogen-bond donors (Lipinski definition) is 1. The summed E-state index contributed by atoms with van der Waals surface area (Å²) in [4.78, 5) is 25.7. The van der Waals surface area contributed by atoms with Crippen molar-refractivity contribution in [3.63, 3.8) is 0 Å². The van der Waals surface area contributed by atoms with Gasteiger partial charge in [-0.25, -0.2) is 0 Å². The van der Waals surface area contributed by atoms with E-state index in [-0.39, 0.29) is 17.3 Å². The van der Waals surface area contributed by atoms with Crippen LogP contribution in [-0.4, -0.2) is 18.3 Å². The average Bonchev–Trinajstić information content (AvgIpc) is 2.75. The summed E-state index contributed by atoms with van der Waals surface area (Å²) in [7, 11) is 0. The van der Waals surface area contributed by atoms with E-state index in [0.717, 1.165) is 12.8 Å². The monoisotopic (exact) mass is 441 g/mol. The van der Waals surface area contributed by atoms with Crippen LogP contribution in [0, 0.1) is 0 Å². The minimum Gasteiger partial charge on any atom is -0.494 e. The highest BCUT2D eigenvalue weighted by atomic mass is 35.5. The van der Waals surface area contributed by atoms with E-state index in [4.69, 9.17) is 27.9 Å². The van der Waals surface area contributed by atoms with Crippen molar-refractivity contribution < 1.29 is 14.3 Å². The van der Waals surface area contributed by atoms with E-state index in [2.05, 4.69) is 12.2 Å². The van der Waals surface area contributed by atoms with Crippen LogP contribution in [-0.2, 0) is 0 Å². The largest absolute Gasteiger partial charge is 0.494 e. The molecule has 0 spiro atoms. The summed E-state index contributed by atoms with van der Waals surface area (Å²) in [6.07, 6.45) is 2.03. The Labute approximate surface area is 185 Å². The lowest BCUT2D eigenvalue weighted by Gasteiger charge is -2.12. The molecule has 0 atom stereocenters. The molecule has 30 heavy (non-hydrogen) atoms. The smallest absolute Gasteiger partial charge is 0.255 e. The van der Waals surface area contributed by atoms with Crippen molar-refractivity contribution >= 4 is 40.6 Å². The zero-order chi connectivity index (χ0) is 21.5. The van der Waals surface area contributed by atoms with E-state index < -0.39 is 0 Å². The van der Waals surface area contributed by atoms with E-state index in [1.54, 1.807) is 60.7 Å². The van der Waals surface area contributed by atoms with Crippen LogP contribution in [0.4, 0.5) is 5.69 Å². The van der Waals surface area contributed by atoms with Crippen LogP contribution in [0.1, 0.15) is 46.0 Å². The van der Waals surface area contributed by atoms with Crippen LogP contribution in [0.3, 0.4) is 0 Å². The van der Waals surface area contributed by atoms with Crippen molar-refractivity contribution in [3.8, 4) is 5.75 Å². The molecule has 0 saturated heterocycles. The Morgan fingerprint density at radius 2 is 1.67 bits per heavy atom. The molecule has 0 aliphatic rings. The third kappa shape index (κ3) is 5.41. The maximum atomic E-state index is 13.0. The molecule has 0 bridgehead atoms. The number of nitrogens with one attached hydrogen (secondary N) is 1. The Bertz CT molecular complexity index is 1050. The lowest BCUT2D eigenvalue weighted by atomic mass is 10.0. The minimum absolute atomic E-state index is 0.267. The highest BCUT2D eigenvalue weighted by Crippen LogP contribution is 2.27. The molecule has 4 nitrogen and oxygen atoms in total. The average molecular weight is 442 g/mol. The SMILES string of the molecule is CCCCOc1ccc(C(=O)Nc2ccc(Cl)cc2C(=O)c2ccccc2Cl)cc1. The number of carbonyl (C=O) groups excluding carboxylic acids is 2. The second-order valence-electron chi connectivity index (χ2n) is 6.68. The van der Waals surface area contributed by atoms with Gasteiger partial charge in [-0.2, -0.15) is 0 Å². The van der Waals surface area contributed by atoms with E-state index in [1.165, 1.54) is 6.07 Å². The number of carbonyl (C=O) groups is 2. The Kier molecular flexibility index (Phi) is 7.50. The quantitative estimate of drug-likeness (QED) is 0.314. The van der Waals surface area contributed by atoms with E-state index in [1.807, 2.05) is 0 Å². The maximum Gasteiger partial charge on any atom is 0.255 e. The first-order chi connectivity index (χ1) is 14.5. The van der Waals surface area contributed by atoms with Crippen LogP contribution in [0.2, 0.25) is 10.0 Å². The standard InChI is InChI=1S/C24H21Cl2NO3/c1-2-3-14-30-18-11-8-16(9-12-18)24(29)27-22-13-10-17(25)15-20(22)23(28)19-6-4-5-7-21(19)26/h4-13,15H,2-3,14H2,1H3,(H,27,29). The lowest BCUT2D eigenvalue weighted by Crippen LogP contribution is -2.15. The molecule has 0 saturated carbocycles. The summed E-state index contributed by atoms with van der Waals surface area (Å²) in [5.41, 5.74) is 1.41. The molecule has 0 heterocycles. The molecule has 0 radical (unpaired) electrons. The summed E-state index contributed by atoms with van der Waals surface area (Å²) in [5.74, 6) is 0.0461. The van der Waals surface area contributed by atoms with Crippen molar-refractivity contribution in [2.75, 3.05) is 11.9 Å². The van der Waals surface area contributed by atoms with Gasteiger partial charge in [0.2, 0.25) is 0 Å². The van der Waals surface area contributed by atoms with E-state index in [9.17, 15) is 9.59 Å². The summed E-state index contributed by atoms with van der Waals surface area (Å²) in [6, 6.07) is 18.4. The van der Waals surface area contributed by atoms with Crippen LogP contribution < -0.4 is 10.1 Å². The van der Waals surface area contributed by atoms with Gasteiger partial charge in [0.1, 0.15) is 5.75 Å². The molecule has 3 rings (SSSR count). The molecule has 0 unspecified atom stereocenters. The topological polar surface area (TPSA) is 55.4 Å². The second-order valence-corrected chi connectivity index (χ2v) is 7.52. The molecule has 0 aliphatic heterocycles. The molecule has 6 heteroatoms. The van der Waals surface area contributed by atoms with Crippen molar-refractivity contribution in [1.29, 1.82) is 0 Å². The number of halogens is 2. The molecule has 0 aromatic heterocycles. The molecule has 1 N–H and O–H groups in total. The van der Waals surface area contributed by atoms with E-state index in [0.29, 0.717) is 39.2 Å². The Morgan fingerprint density at radius 1 is 0.933 bits per heavy atom. The van der Waals surface area contributed by atoms with Gasteiger partial charge in [-0.3, -0.25) is 9.59 Å². The molecule has 154 valence electrons. The van der Waals surface area contributed by atoms with Gasteiger partial charge in [-0.15, -0.1) is 0 Å². The van der Waals surface area contributed by atoms with Crippen LogP contribution in [0.25, 0.3) is 0 Å². The second kappa shape index (κ2) is 10.3. The number of ether oxygens (including phenoxy) is 1. The van der Waals surface area contributed by atoms with Gasteiger partial charge in [-0.05, 0) is 61.0 Å². The minimum atomic E-state index is -0.342. The number of benzene rings is 3. The zero-order valence-electron chi connectivity index (χ0n) is 16.5. The first-order valence-corrected chi connectivity index (χ1v) is 10.4. The summed E-state index contributed by atoms with van der Waals surface area (Å²) in [6.45, 7) is 2.73. The van der Waals surface area contributed by atoms with Crippen LogP contribution in [0.5, 0.6) is 5.75 Å². The van der Waals surface area contributed by atoms with Gasteiger partial charge in [-0.1, -0.05) is 48.7 Å². The molecular weight excluding hydrogens is 421 g/mol. The summed E-state index contributed by atoms with van der Waals surface area (Å²) >= 11 is 12.3. The molecule has 1 amide bonds. The summed E-state index contributed by atoms with van der Waals surface area (Å²) in [5, 5.41) is 3.51. The third-order valence-electron chi connectivity index (χ3n) is 4.48. The Hall–Kier alpha value is -2.82. The van der Waals surface area contributed by atoms with Gasteiger partial charge in [0.15, 0.2) is 5.78 Å². The summed E-state index contributed by atoms with van der Waals surface area (Å²) < 4.78 is 5.62. The molecule has 3 aromatic carbocycles. The molecule has 0 aliphatic carbocycles. The molecule has 3 aromatic rings. The van der Waals surface area contributed by atoms with Crippen LogP contribution >= 0.6 is 23.2 Å². The Morgan fingerprint density at radius 3 is 2.37 bits per heavy atom. The number of anilines is 1. The fraction of sp³-hybridized carbons (Fsp3) is 0.167. The van der Waals surface area contributed by atoms with Crippen molar-refractivity contribution in [3.05, 3.63) is 93.5 Å². The number of rotatable bonds is 8. The van der Waals surface area contributed by atoms with Gasteiger partial charge in [0.25, 0.3) is 5.91 Å². The van der Waals surface area contributed by atoms with Crippen molar-refractivity contribution in [2.45, 2.75) is 19.8 Å². The van der Waals surface area contributed by atoms with Gasteiger partial charge in [0.05, 0.1) is 17.3 Å². The highest BCUT2D eigenvalue weighted by Gasteiger charge is 2.18. The van der Waals surface area contributed by atoms with E-state index >= 15 is 0 Å². The van der Waals surface area contributed by atoms with Gasteiger partial charge >= 0.3 is 0 Å². The lowest BCUT2D eigenvalue weighted by molar-refractivity contribution is 0.102. The number of unbranched alkanes of at least 4 members (excludes halogenated alkanes) is 1. The number of hydrogen-bond acceptors (Lipinski definition) is 3. The molecule has 0 fully saturated rings. The third-order valence-corrected chi connectivity index (χ3v) is 5.04. The van der Waals surface area contributed by atoms with Crippen LogP contribution in [0.15, 0.2) is 66.7 Å². The highest BCUT2D eigenvalue weighted by molar-refractivity contribution is 6.36. The van der Waals surface area contributed by atoms with Crippen molar-refractivity contribution in [2.24, 2.45) is 0 Å². The molecular formula is C24H21Cl2NO3. The van der Waals surface area contributed by atoms with Gasteiger partial charge in [0, 0.05) is 21.7 Å². The fourth-order valence-corrected chi connectivity index (χ4v) is 3.23.